The molecule has 9 heteroatoms. The Bertz CT molecular complexity index is 998. The molecule has 0 fully saturated rings. The summed E-state index contributed by atoms with van der Waals surface area (Å²) in [7, 11) is -3.86. The largest absolute Gasteiger partial charge is 0.279 e. The molecule has 0 aliphatic carbocycles. The highest BCUT2D eigenvalue weighted by Crippen LogP contribution is 2.28. The Morgan fingerprint density at radius 1 is 1.31 bits per heavy atom. The van der Waals surface area contributed by atoms with Crippen molar-refractivity contribution in [3.8, 4) is 0 Å². The van der Waals surface area contributed by atoms with Crippen molar-refractivity contribution < 1.29 is 8.42 Å². The van der Waals surface area contributed by atoms with Crippen LogP contribution in [-0.2, 0) is 10.0 Å². The third kappa shape index (κ3) is 3.67. The summed E-state index contributed by atoms with van der Waals surface area (Å²) >= 11 is 6.03. The summed E-state index contributed by atoms with van der Waals surface area (Å²) in [6.45, 7) is 1.88. The van der Waals surface area contributed by atoms with Crippen LogP contribution in [0, 0.1) is 6.92 Å². The van der Waals surface area contributed by atoms with Gasteiger partial charge in [-0.25, -0.2) is 0 Å². The van der Waals surface area contributed by atoms with Crippen LogP contribution in [-0.4, -0.2) is 31.1 Å². The molecule has 2 aromatic carbocycles. The van der Waals surface area contributed by atoms with Gasteiger partial charge in [-0.2, -0.15) is 17.9 Å². The fourth-order valence-electron chi connectivity index (χ4n) is 2.72. The van der Waals surface area contributed by atoms with Gasteiger partial charge in [0.1, 0.15) is 0 Å². The van der Waals surface area contributed by atoms with Crippen molar-refractivity contribution in [2.24, 2.45) is 10.2 Å². The molecule has 0 spiro atoms. The molecule has 0 saturated carbocycles. The van der Waals surface area contributed by atoms with E-state index in [9.17, 15) is 8.42 Å². The second kappa shape index (κ2) is 7.37. The highest BCUT2D eigenvalue weighted by Gasteiger charge is 2.36. The van der Waals surface area contributed by atoms with Crippen molar-refractivity contribution >= 4 is 27.3 Å². The van der Waals surface area contributed by atoms with Crippen molar-refractivity contribution in [3.05, 3.63) is 75.1 Å². The average Bonchev–Trinajstić information content (AvgIpc) is 3.05. The van der Waals surface area contributed by atoms with Gasteiger partial charge in [-0.1, -0.05) is 46.5 Å². The van der Waals surface area contributed by atoms with Crippen LogP contribution in [0.1, 0.15) is 17.5 Å². The summed E-state index contributed by atoms with van der Waals surface area (Å²) < 4.78 is 27.1. The van der Waals surface area contributed by atoms with Crippen LogP contribution in [0.15, 0.2) is 63.6 Å². The molecule has 1 unspecified atom stereocenters. The number of hydrazone groups is 1. The van der Waals surface area contributed by atoms with Crippen LogP contribution in [0.5, 0.6) is 0 Å². The molecular weight excluding hydrogens is 374 g/mol. The van der Waals surface area contributed by atoms with E-state index < -0.39 is 16.1 Å². The summed E-state index contributed by atoms with van der Waals surface area (Å²) in [5.74, 6) is 0. The van der Waals surface area contributed by atoms with Gasteiger partial charge >= 0.3 is 0 Å². The first-order valence-corrected chi connectivity index (χ1v) is 9.69. The molecule has 134 valence electrons. The van der Waals surface area contributed by atoms with Crippen molar-refractivity contribution in [1.82, 2.24) is 4.41 Å². The van der Waals surface area contributed by atoms with Crippen LogP contribution in [0.3, 0.4) is 0 Å². The van der Waals surface area contributed by atoms with Crippen LogP contribution in [0.4, 0.5) is 0 Å². The zero-order valence-electron chi connectivity index (χ0n) is 13.9. The maximum atomic E-state index is 13.0. The quantitative estimate of drug-likeness (QED) is 0.436. The highest BCUT2D eigenvalue weighted by molar-refractivity contribution is 7.89. The Balaban J connectivity index is 2.02. The van der Waals surface area contributed by atoms with Crippen LogP contribution in [0.2, 0.25) is 5.02 Å². The molecule has 0 bridgehead atoms. The summed E-state index contributed by atoms with van der Waals surface area (Å²) in [5.41, 5.74) is 10.9. The predicted octanol–water partition coefficient (Wildman–Crippen LogP) is 4.13. The van der Waals surface area contributed by atoms with Crippen LogP contribution in [0.25, 0.3) is 10.4 Å². The number of hydrogen-bond acceptors (Lipinski definition) is 4. The number of nitrogens with zero attached hydrogens (tertiary/aromatic N) is 5. The summed E-state index contributed by atoms with van der Waals surface area (Å²) in [5, 5.41) is 8.41. The molecular formula is C17H16ClN5O2S. The second-order valence-corrected chi connectivity index (χ2v) is 8.15. The lowest BCUT2D eigenvalue weighted by atomic mass is 10.0. The zero-order valence-corrected chi connectivity index (χ0v) is 15.5. The molecule has 0 radical (unpaired) electrons. The fourth-order valence-corrected chi connectivity index (χ4v) is 4.35. The molecule has 1 aliphatic rings. The minimum absolute atomic E-state index is 0.00480. The van der Waals surface area contributed by atoms with Gasteiger partial charge in [0.05, 0.1) is 16.6 Å². The van der Waals surface area contributed by atoms with E-state index >= 15 is 0 Å². The van der Waals surface area contributed by atoms with Gasteiger partial charge < -0.3 is 0 Å². The van der Waals surface area contributed by atoms with Crippen LogP contribution >= 0.6 is 11.6 Å². The lowest BCUT2D eigenvalue weighted by Gasteiger charge is -2.21. The van der Waals surface area contributed by atoms with E-state index in [1.807, 2.05) is 13.0 Å². The monoisotopic (exact) mass is 389 g/mol. The lowest BCUT2D eigenvalue weighted by molar-refractivity contribution is 0.368. The van der Waals surface area contributed by atoms with E-state index in [0.717, 1.165) is 15.5 Å². The summed E-state index contributed by atoms with van der Waals surface area (Å²) in [6.07, 6.45) is 0.338. The summed E-state index contributed by atoms with van der Waals surface area (Å²) in [6, 6.07) is 13.0. The third-order valence-corrected chi connectivity index (χ3v) is 6.01. The molecule has 0 amide bonds. The van der Waals surface area contributed by atoms with E-state index in [2.05, 4.69) is 15.1 Å². The topological polar surface area (TPSA) is 98.5 Å². The Morgan fingerprint density at radius 3 is 2.69 bits per heavy atom. The first kappa shape index (κ1) is 18.3. The fraction of sp³-hybridized carbons (Fsp3) is 0.235. The third-order valence-electron chi connectivity index (χ3n) is 4.04. The molecule has 1 aliphatic heterocycles. The van der Waals surface area contributed by atoms with Crippen molar-refractivity contribution in [3.63, 3.8) is 0 Å². The zero-order chi connectivity index (χ0) is 18.7. The average molecular weight is 390 g/mol. The summed E-state index contributed by atoms with van der Waals surface area (Å²) in [4.78, 5) is 2.89. The van der Waals surface area contributed by atoms with E-state index in [1.165, 1.54) is 0 Å². The van der Waals surface area contributed by atoms with Gasteiger partial charge in [-0.15, -0.1) is 0 Å². The maximum absolute atomic E-state index is 13.0. The van der Waals surface area contributed by atoms with E-state index in [-0.39, 0.29) is 11.4 Å². The molecule has 1 atom stereocenters. The molecule has 0 N–H and O–H groups in total. The minimum atomic E-state index is -3.86. The van der Waals surface area contributed by atoms with Crippen molar-refractivity contribution in [1.29, 1.82) is 0 Å². The molecule has 2 aromatic rings. The predicted molar refractivity (Wildman–Crippen MR) is 101 cm³/mol. The van der Waals surface area contributed by atoms with Gasteiger partial charge in [0.2, 0.25) is 0 Å². The Morgan fingerprint density at radius 2 is 2.04 bits per heavy atom. The van der Waals surface area contributed by atoms with E-state index in [1.54, 1.807) is 42.5 Å². The molecule has 26 heavy (non-hydrogen) atoms. The van der Waals surface area contributed by atoms with Gasteiger partial charge in [0, 0.05) is 22.9 Å². The molecule has 3 rings (SSSR count). The number of hydrogen-bond donors (Lipinski definition) is 0. The van der Waals surface area contributed by atoms with Gasteiger partial charge in [0.15, 0.2) is 0 Å². The smallest absolute Gasteiger partial charge is 0.200 e. The van der Waals surface area contributed by atoms with Crippen molar-refractivity contribution in [2.75, 3.05) is 6.54 Å². The number of azide groups is 1. The van der Waals surface area contributed by atoms with Crippen molar-refractivity contribution in [2.45, 2.75) is 24.3 Å². The number of halogens is 1. The number of sulfonamides is 1. The Kier molecular flexibility index (Phi) is 5.18. The standard InChI is InChI=1S/C17H16ClN5O2S/c1-12-5-7-16(8-6-12)26(24,25)23-15(11-20-22-19)10-17(21-23)13-3-2-4-14(18)9-13/h2-9,15H,10-11H2,1H3. The molecule has 7 nitrogen and oxygen atoms in total. The lowest BCUT2D eigenvalue weighted by Crippen LogP contribution is -2.34. The maximum Gasteiger partial charge on any atom is 0.279 e. The number of aryl methyl sites for hydroxylation is 1. The van der Waals surface area contributed by atoms with E-state index in [0.29, 0.717) is 17.2 Å². The van der Waals surface area contributed by atoms with Gasteiger partial charge in [0.25, 0.3) is 10.0 Å². The van der Waals surface area contributed by atoms with E-state index in [4.69, 9.17) is 17.1 Å². The highest BCUT2D eigenvalue weighted by atomic mass is 35.5. The first-order valence-electron chi connectivity index (χ1n) is 7.87. The van der Waals surface area contributed by atoms with Crippen LogP contribution < -0.4 is 0 Å². The van der Waals surface area contributed by atoms with Gasteiger partial charge in [-0.05, 0) is 42.3 Å². The normalized spacial score (nSPS) is 16.9. The minimum Gasteiger partial charge on any atom is -0.200 e. The SMILES string of the molecule is Cc1ccc(S(=O)(=O)N2N=C(c3cccc(Cl)c3)CC2CN=[N+]=[N-])cc1. The van der Waals surface area contributed by atoms with Gasteiger partial charge in [-0.3, -0.25) is 0 Å². The molecule has 1 heterocycles. The number of benzene rings is 2. The Labute approximate surface area is 156 Å². The second-order valence-electron chi connectivity index (χ2n) is 5.92. The number of rotatable bonds is 5. The molecule has 0 saturated heterocycles. The first-order chi connectivity index (χ1) is 12.4. The Hall–Kier alpha value is -2.54. The molecule has 0 aromatic heterocycles.